The Kier molecular flexibility index (Phi) is 8.52. The Morgan fingerprint density at radius 3 is 2.15 bits per heavy atom. The number of nitrogens with one attached hydrogen (secondary N) is 2. The third kappa shape index (κ3) is 8.05. The molecule has 0 spiro atoms. The second-order valence-corrected chi connectivity index (χ2v) is 6.72. The number of rotatable bonds is 10. The second kappa shape index (κ2) is 11.1. The Morgan fingerprint density at radius 2 is 1.52 bits per heavy atom. The first kappa shape index (κ1) is 20.6. The smallest absolute Gasteiger partial charge is 0.226 e. The third-order valence-corrected chi connectivity index (χ3v) is 4.03. The fourth-order valence-electron chi connectivity index (χ4n) is 2.42. The zero-order chi connectivity index (χ0) is 19.5. The Labute approximate surface area is 161 Å². The summed E-state index contributed by atoms with van der Waals surface area (Å²) in [6.45, 7) is 4.92. The lowest BCUT2D eigenvalue weighted by atomic mass is 10.2. The highest BCUT2D eigenvalue weighted by Gasteiger charge is 2.07. The van der Waals surface area contributed by atoms with Gasteiger partial charge >= 0.3 is 0 Å². The molecule has 0 heterocycles. The highest BCUT2D eigenvalue weighted by molar-refractivity contribution is 5.93. The van der Waals surface area contributed by atoms with Crippen molar-refractivity contribution in [2.45, 2.75) is 33.1 Å². The summed E-state index contributed by atoms with van der Waals surface area (Å²) in [5, 5.41) is 5.67. The van der Waals surface area contributed by atoms with Gasteiger partial charge in [-0.1, -0.05) is 44.2 Å². The zero-order valence-corrected chi connectivity index (χ0v) is 16.0. The van der Waals surface area contributed by atoms with Gasteiger partial charge in [-0.05, 0) is 42.7 Å². The topological polar surface area (TPSA) is 67.4 Å². The van der Waals surface area contributed by atoms with Crippen LogP contribution in [0.4, 0.5) is 11.4 Å². The molecule has 27 heavy (non-hydrogen) atoms. The highest BCUT2D eigenvalue weighted by Crippen LogP contribution is 2.15. The molecule has 2 N–H and O–H groups in total. The van der Waals surface area contributed by atoms with E-state index in [0.717, 1.165) is 12.1 Å². The summed E-state index contributed by atoms with van der Waals surface area (Å²) < 4.78 is 5.59. The van der Waals surface area contributed by atoms with Gasteiger partial charge in [-0.15, -0.1) is 0 Å². The lowest BCUT2D eigenvalue weighted by Gasteiger charge is -2.09. The summed E-state index contributed by atoms with van der Waals surface area (Å²) in [5.41, 5.74) is 2.69. The normalized spacial score (nSPS) is 10.6. The van der Waals surface area contributed by atoms with E-state index in [1.54, 1.807) is 24.3 Å². The molecule has 2 aromatic carbocycles. The van der Waals surface area contributed by atoms with E-state index in [-0.39, 0.29) is 17.7 Å². The van der Waals surface area contributed by atoms with Crippen LogP contribution < -0.4 is 10.6 Å². The van der Waals surface area contributed by atoms with Crippen molar-refractivity contribution < 1.29 is 14.3 Å². The fourth-order valence-corrected chi connectivity index (χ4v) is 2.42. The summed E-state index contributed by atoms with van der Waals surface area (Å²) in [5.74, 6) is -0.140. The number of carbonyl (C=O) groups excluding carboxylic acids is 2. The molecule has 0 unspecified atom stereocenters. The maximum absolute atomic E-state index is 12.0. The fraction of sp³-hybridized carbons (Fsp3) is 0.364. The van der Waals surface area contributed by atoms with Crippen molar-refractivity contribution in [3.63, 3.8) is 0 Å². The lowest BCUT2D eigenvalue weighted by Crippen LogP contribution is -2.17. The lowest BCUT2D eigenvalue weighted by molar-refractivity contribution is -0.119. The average Bonchev–Trinajstić information content (AvgIpc) is 2.67. The van der Waals surface area contributed by atoms with Crippen LogP contribution in [0.25, 0.3) is 0 Å². The van der Waals surface area contributed by atoms with Crippen LogP contribution in [-0.4, -0.2) is 25.0 Å². The number of anilines is 2. The SMILES string of the molecule is CC(C)C(=O)Nc1ccc(NC(=O)CCCOCCc2ccccc2)cc1. The van der Waals surface area contributed by atoms with E-state index in [1.165, 1.54) is 5.56 Å². The number of carbonyl (C=O) groups is 2. The summed E-state index contributed by atoms with van der Waals surface area (Å²) >= 11 is 0. The quantitative estimate of drug-likeness (QED) is 0.616. The molecule has 144 valence electrons. The third-order valence-electron chi connectivity index (χ3n) is 4.03. The first-order valence-electron chi connectivity index (χ1n) is 9.37. The molecule has 0 fully saturated rings. The standard InChI is InChI=1S/C22H28N2O3/c1-17(2)22(26)24-20-12-10-19(11-13-20)23-21(25)9-6-15-27-16-14-18-7-4-3-5-8-18/h3-5,7-8,10-13,17H,6,9,14-16H2,1-2H3,(H,23,25)(H,24,26). The average molecular weight is 368 g/mol. The van der Waals surface area contributed by atoms with Gasteiger partial charge < -0.3 is 15.4 Å². The molecular formula is C22H28N2O3. The molecule has 0 radical (unpaired) electrons. The summed E-state index contributed by atoms with van der Waals surface area (Å²) in [6.07, 6.45) is 1.98. The molecule has 5 heteroatoms. The molecule has 0 atom stereocenters. The van der Waals surface area contributed by atoms with Gasteiger partial charge in [-0.2, -0.15) is 0 Å². The van der Waals surface area contributed by atoms with Gasteiger partial charge in [0, 0.05) is 30.3 Å². The maximum Gasteiger partial charge on any atom is 0.226 e. The minimum atomic E-state index is -0.0701. The van der Waals surface area contributed by atoms with E-state index >= 15 is 0 Å². The van der Waals surface area contributed by atoms with E-state index in [0.29, 0.717) is 31.7 Å². The van der Waals surface area contributed by atoms with Crippen molar-refractivity contribution in [2.24, 2.45) is 5.92 Å². The van der Waals surface area contributed by atoms with Crippen molar-refractivity contribution in [3.8, 4) is 0 Å². The zero-order valence-electron chi connectivity index (χ0n) is 16.0. The number of benzene rings is 2. The van der Waals surface area contributed by atoms with Crippen LogP contribution in [0.15, 0.2) is 54.6 Å². The Morgan fingerprint density at radius 1 is 0.889 bits per heavy atom. The Bertz CT molecular complexity index is 712. The summed E-state index contributed by atoms with van der Waals surface area (Å²) in [4.78, 5) is 23.6. The molecule has 0 aliphatic heterocycles. The molecule has 2 aromatic rings. The Hall–Kier alpha value is -2.66. The molecule has 0 saturated heterocycles. The molecule has 0 saturated carbocycles. The first-order valence-corrected chi connectivity index (χ1v) is 9.37. The largest absolute Gasteiger partial charge is 0.381 e. The van der Waals surface area contributed by atoms with E-state index in [9.17, 15) is 9.59 Å². The van der Waals surface area contributed by atoms with E-state index in [1.807, 2.05) is 32.0 Å². The van der Waals surface area contributed by atoms with Crippen LogP contribution in [0.2, 0.25) is 0 Å². The van der Waals surface area contributed by atoms with Crippen molar-refractivity contribution in [2.75, 3.05) is 23.8 Å². The molecule has 0 aromatic heterocycles. The predicted molar refractivity (Wildman–Crippen MR) is 109 cm³/mol. The van der Waals surface area contributed by atoms with Crippen LogP contribution in [0.5, 0.6) is 0 Å². The van der Waals surface area contributed by atoms with Crippen molar-refractivity contribution in [1.29, 1.82) is 0 Å². The van der Waals surface area contributed by atoms with Gasteiger partial charge in [0.1, 0.15) is 0 Å². The molecule has 0 aliphatic rings. The van der Waals surface area contributed by atoms with Crippen molar-refractivity contribution >= 4 is 23.2 Å². The minimum Gasteiger partial charge on any atom is -0.381 e. The summed E-state index contributed by atoms with van der Waals surface area (Å²) in [7, 11) is 0. The predicted octanol–water partition coefficient (Wildman–Crippen LogP) is 4.26. The van der Waals surface area contributed by atoms with Gasteiger partial charge in [0.05, 0.1) is 6.61 Å². The molecule has 0 aliphatic carbocycles. The number of hydrogen-bond donors (Lipinski definition) is 2. The molecule has 0 bridgehead atoms. The summed E-state index contributed by atoms with van der Waals surface area (Å²) in [6, 6.07) is 17.3. The van der Waals surface area contributed by atoms with E-state index in [4.69, 9.17) is 4.74 Å². The van der Waals surface area contributed by atoms with Crippen LogP contribution in [0, 0.1) is 5.92 Å². The van der Waals surface area contributed by atoms with Crippen molar-refractivity contribution in [1.82, 2.24) is 0 Å². The van der Waals surface area contributed by atoms with Crippen LogP contribution >= 0.6 is 0 Å². The van der Waals surface area contributed by atoms with Crippen molar-refractivity contribution in [3.05, 3.63) is 60.2 Å². The number of ether oxygens (including phenoxy) is 1. The number of hydrogen-bond acceptors (Lipinski definition) is 3. The van der Waals surface area contributed by atoms with Gasteiger partial charge in [-0.3, -0.25) is 9.59 Å². The number of amides is 2. The van der Waals surface area contributed by atoms with Crippen LogP contribution in [0.3, 0.4) is 0 Å². The van der Waals surface area contributed by atoms with Gasteiger partial charge in [0.25, 0.3) is 0 Å². The van der Waals surface area contributed by atoms with E-state index < -0.39 is 0 Å². The van der Waals surface area contributed by atoms with Gasteiger partial charge in [0.2, 0.25) is 11.8 Å². The monoisotopic (exact) mass is 368 g/mol. The molecular weight excluding hydrogens is 340 g/mol. The Balaban J connectivity index is 1.60. The van der Waals surface area contributed by atoms with Gasteiger partial charge in [0.15, 0.2) is 0 Å². The molecule has 2 amide bonds. The molecule has 5 nitrogen and oxygen atoms in total. The van der Waals surface area contributed by atoms with Crippen LogP contribution in [-0.2, 0) is 20.7 Å². The first-order chi connectivity index (χ1) is 13.0. The van der Waals surface area contributed by atoms with Crippen LogP contribution in [0.1, 0.15) is 32.3 Å². The minimum absolute atomic E-state index is 0.0287. The maximum atomic E-state index is 12.0. The second-order valence-electron chi connectivity index (χ2n) is 6.72. The van der Waals surface area contributed by atoms with E-state index in [2.05, 4.69) is 22.8 Å². The molecule has 2 rings (SSSR count). The van der Waals surface area contributed by atoms with Gasteiger partial charge in [-0.25, -0.2) is 0 Å². The highest BCUT2D eigenvalue weighted by atomic mass is 16.5.